The molecule has 0 saturated carbocycles. The molecule has 1 unspecified atom stereocenters. The molecule has 0 bridgehead atoms. The molecule has 0 aliphatic carbocycles. The Kier molecular flexibility index (Phi) is 6.63. The van der Waals surface area contributed by atoms with E-state index in [9.17, 15) is 24.3 Å². The van der Waals surface area contributed by atoms with Crippen LogP contribution in [-0.2, 0) is 20.8 Å². The van der Waals surface area contributed by atoms with Crippen LogP contribution in [-0.4, -0.2) is 40.6 Å². The monoisotopic (exact) mass is 404 g/mol. The summed E-state index contributed by atoms with van der Waals surface area (Å²) in [6.07, 6.45) is -0.350. The van der Waals surface area contributed by atoms with Crippen molar-refractivity contribution < 1.29 is 29.0 Å². The van der Waals surface area contributed by atoms with Crippen molar-refractivity contribution in [3.63, 3.8) is 0 Å². The fourth-order valence-corrected chi connectivity index (χ4v) is 3.00. The molecule has 9 nitrogen and oxygen atoms in total. The van der Waals surface area contributed by atoms with E-state index in [1.165, 1.54) is 6.07 Å². The first-order chi connectivity index (χ1) is 13.5. The molecule has 0 fully saturated rings. The molecule has 0 saturated heterocycles. The number of carboxylic acids is 1. The van der Waals surface area contributed by atoms with Gasteiger partial charge < -0.3 is 25.3 Å². The van der Waals surface area contributed by atoms with E-state index in [0.717, 1.165) is 5.56 Å². The Morgan fingerprint density at radius 1 is 1.14 bits per heavy atom. The Morgan fingerprint density at radius 2 is 1.79 bits per heavy atom. The molecule has 9 heteroatoms. The quantitative estimate of drug-likeness (QED) is 0.504. The summed E-state index contributed by atoms with van der Waals surface area (Å²) in [4.78, 5) is 47.5. The fraction of sp³-hybridized carbons (Fsp3) is 0.400. The highest BCUT2D eigenvalue weighted by Crippen LogP contribution is 2.29. The SMILES string of the molecule is Cc1cc(O)c2c(C)c(CC(=O)NCC(=O)NC(C(=O)O)C(C)C)c(=O)oc2c1. The van der Waals surface area contributed by atoms with Crippen molar-refractivity contribution in [2.24, 2.45) is 5.92 Å². The number of carbonyl (C=O) groups is 3. The van der Waals surface area contributed by atoms with Gasteiger partial charge in [-0.15, -0.1) is 0 Å². The number of fused-ring (bicyclic) bond motifs is 1. The van der Waals surface area contributed by atoms with E-state index < -0.39 is 36.0 Å². The second-order valence-corrected chi connectivity index (χ2v) is 7.23. The number of amides is 2. The molecule has 1 aromatic carbocycles. The van der Waals surface area contributed by atoms with Crippen molar-refractivity contribution >= 4 is 28.8 Å². The molecule has 2 rings (SSSR count). The van der Waals surface area contributed by atoms with Crippen LogP contribution in [0, 0.1) is 19.8 Å². The number of aryl methyl sites for hydroxylation is 2. The van der Waals surface area contributed by atoms with Gasteiger partial charge in [0.2, 0.25) is 11.8 Å². The molecule has 2 amide bonds. The van der Waals surface area contributed by atoms with Crippen LogP contribution in [0.3, 0.4) is 0 Å². The summed E-state index contributed by atoms with van der Waals surface area (Å²) in [6, 6.07) is 2.07. The van der Waals surface area contributed by atoms with Crippen LogP contribution in [0.25, 0.3) is 11.0 Å². The Morgan fingerprint density at radius 3 is 2.38 bits per heavy atom. The number of carboxylic acid groups (broad SMARTS) is 1. The van der Waals surface area contributed by atoms with Gasteiger partial charge >= 0.3 is 11.6 Å². The van der Waals surface area contributed by atoms with Crippen LogP contribution in [0.2, 0.25) is 0 Å². The molecular weight excluding hydrogens is 380 g/mol. The Hall–Kier alpha value is -3.36. The van der Waals surface area contributed by atoms with Crippen molar-refractivity contribution in [1.82, 2.24) is 10.6 Å². The third kappa shape index (κ3) is 5.13. The third-order valence-electron chi connectivity index (χ3n) is 4.54. The highest BCUT2D eigenvalue weighted by Gasteiger charge is 2.23. The van der Waals surface area contributed by atoms with Gasteiger partial charge in [-0.05, 0) is 43.0 Å². The molecule has 1 aromatic heterocycles. The summed E-state index contributed by atoms with van der Waals surface area (Å²) in [5.41, 5.74) is 0.724. The maximum Gasteiger partial charge on any atom is 0.340 e. The lowest BCUT2D eigenvalue weighted by Crippen LogP contribution is -2.48. The lowest BCUT2D eigenvalue weighted by Gasteiger charge is -2.18. The number of phenols is 1. The van der Waals surface area contributed by atoms with E-state index >= 15 is 0 Å². The third-order valence-corrected chi connectivity index (χ3v) is 4.54. The van der Waals surface area contributed by atoms with E-state index in [0.29, 0.717) is 10.9 Å². The van der Waals surface area contributed by atoms with Gasteiger partial charge in [0, 0.05) is 0 Å². The van der Waals surface area contributed by atoms with E-state index in [-0.39, 0.29) is 29.2 Å². The number of aliphatic carboxylic acids is 1. The van der Waals surface area contributed by atoms with Crippen molar-refractivity contribution in [3.8, 4) is 5.75 Å². The molecule has 2 aromatic rings. The summed E-state index contributed by atoms with van der Waals surface area (Å²) in [7, 11) is 0. The average Bonchev–Trinajstić information content (AvgIpc) is 2.60. The van der Waals surface area contributed by atoms with Gasteiger partial charge in [-0.3, -0.25) is 9.59 Å². The van der Waals surface area contributed by atoms with Gasteiger partial charge in [0.15, 0.2) is 0 Å². The number of hydrogen-bond acceptors (Lipinski definition) is 6. The van der Waals surface area contributed by atoms with Crippen LogP contribution >= 0.6 is 0 Å². The zero-order valence-corrected chi connectivity index (χ0v) is 16.7. The summed E-state index contributed by atoms with van der Waals surface area (Å²) >= 11 is 0. The number of nitrogens with one attached hydrogen (secondary N) is 2. The van der Waals surface area contributed by atoms with Crippen LogP contribution in [0.15, 0.2) is 21.3 Å². The van der Waals surface area contributed by atoms with Crippen molar-refractivity contribution in [2.75, 3.05) is 6.54 Å². The lowest BCUT2D eigenvalue weighted by atomic mass is 10.0. The van der Waals surface area contributed by atoms with Gasteiger partial charge in [0.25, 0.3) is 0 Å². The van der Waals surface area contributed by atoms with Crippen LogP contribution < -0.4 is 16.3 Å². The minimum Gasteiger partial charge on any atom is -0.507 e. The molecule has 0 aliphatic heterocycles. The molecule has 29 heavy (non-hydrogen) atoms. The van der Waals surface area contributed by atoms with Crippen molar-refractivity contribution in [3.05, 3.63) is 39.2 Å². The maximum atomic E-state index is 12.3. The van der Waals surface area contributed by atoms with Gasteiger partial charge in [-0.2, -0.15) is 0 Å². The van der Waals surface area contributed by atoms with Gasteiger partial charge in [0.05, 0.1) is 23.9 Å². The van der Waals surface area contributed by atoms with Gasteiger partial charge in [0.1, 0.15) is 17.4 Å². The van der Waals surface area contributed by atoms with E-state index in [1.807, 2.05) is 0 Å². The zero-order valence-electron chi connectivity index (χ0n) is 16.7. The molecule has 1 atom stereocenters. The predicted octanol–water partition coefficient (Wildman–Crippen LogP) is 1.000. The van der Waals surface area contributed by atoms with Crippen LogP contribution in [0.5, 0.6) is 5.75 Å². The average molecular weight is 404 g/mol. The van der Waals surface area contributed by atoms with Crippen LogP contribution in [0.1, 0.15) is 30.5 Å². The summed E-state index contributed by atoms with van der Waals surface area (Å²) in [6.45, 7) is 6.21. The van der Waals surface area contributed by atoms with Crippen molar-refractivity contribution in [2.45, 2.75) is 40.2 Å². The Labute approximate surface area is 166 Å². The Bertz CT molecular complexity index is 1020. The number of carbonyl (C=O) groups excluding carboxylic acids is 2. The largest absolute Gasteiger partial charge is 0.507 e. The minimum absolute atomic E-state index is 0.0596. The highest BCUT2D eigenvalue weighted by atomic mass is 16.4. The Balaban J connectivity index is 2.11. The lowest BCUT2D eigenvalue weighted by molar-refractivity contribution is -0.143. The first-order valence-corrected chi connectivity index (χ1v) is 9.06. The molecule has 0 aliphatic rings. The van der Waals surface area contributed by atoms with E-state index in [4.69, 9.17) is 9.52 Å². The summed E-state index contributed by atoms with van der Waals surface area (Å²) in [5, 5.41) is 24.3. The van der Waals surface area contributed by atoms with Gasteiger partial charge in [-0.25, -0.2) is 9.59 Å². The number of phenolic OH excluding ortho intramolecular Hbond substituents is 1. The number of benzene rings is 1. The molecule has 0 radical (unpaired) electrons. The fourth-order valence-electron chi connectivity index (χ4n) is 3.00. The van der Waals surface area contributed by atoms with Crippen molar-refractivity contribution in [1.29, 1.82) is 0 Å². The normalized spacial score (nSPS) is 12.0. The van der Waals surface area contributed by atoms with Gasteiger partial charge in [-0.1, -0.05) is 13.8 Å². The first kappa shape index (κ1) is 21.9. The molecule has 1 heterocycles. The second-order valence-electron chi connectivity index (χ2n) is 7.23. The van der Waals surface area contributed by atoms with Crippen LogP contribution in [0.4, 0.5) is 0 Å². The minimum atomic E-state index is -1.17. The summed E-state index contributed by atoms with van der Waals surface area (Å²) in [5.74, 6) is -2.82. The topological polar surface area (TPSA) is 146 Å². The smallest absolute Gasteiger partial charge is 0.340 e. The molecule has 4 N–H and O–H groups in total. The maximum absolute atomic E-state index is 12.3. The highest BCUT2D eigenvalue weighted by molar-refractivity contribution is 5.91. The zero-order chi connectivity index (χ0) is 21.9. The molecule has 156 valence electrons. The molecule has 0 spiro atoms. The standard InChI is InChI=1S/C20H24N2O7/c1-9(2)18(19(26)27)22-16(25)8-21-15(24)7-12-11(4)17-13(23)5-10(3)6-14(17)29-20(12)28/h5-6,9,18,23H,7-8H2,1-4H3,(H,21,24)(H,22,25)(H,26,27). The number of rotatable bonds is 7. The van der Waals surface area contributed by atoms with E-state index in [2.05, 4.69) is 10.6 Å². The number of hydrogen-bond donors (Lipinski definition) is 4. The van der Waals surface area contributed by atoms with E-state index in [1.54, 1.807) is 33.8 Å². The molecular formula is C20H24N2O7. The summed E-state index contributed by atoms with van der Waals surface area (Å²) < 4.78 is 5.23. The first-order valence-electron chi connectivity index (χ1n) is 9.06. The number of aromatic hydroxyl groups is 1. The predicted molar refractivity (Wildman–Crippen MR) is 105 cm³/mol. The second kappa shape index (κ2) is 8.76.